The Hall–Kier alpha value is -2.03. The number of primary amides is 2. The van der Waals surface area contributed by atoms with Crippen LogP contribution >= 0.6 is 0 Å². The van der Waals surface area contributed by atoms with E-state index in [4.69, 9.17) is 21.5 Å². The van der Waals surface area contributed by atoms with E-state index in [1.165, 1.54) is 6.07 Å². The largest absolute Gasteiger partial charge is 0.487 e. The molecule has 13 heavy (non-hydrogen) atoms. The molecule has 0 aromatic heterocycles. The highest BCUT2D eigenvalue weighted by atomic mass is 16.5. The van der Waals surface area contributed by atoms with E-state index < -0.39 is 23.1 Å². The van der Waals surface area contributed by atoms with Crippen LogP contribution in [0.1, 0.15) is 6.92 Å². The molecule has 0 rings (SSSR count). The van der Waals surface area contributed by atoms with Gasteiger partial charge in [-0.3, -0.25) is 9.59 Å². The van der Waals surface area contributed by atoms with Gasteiger partial charge in [0.1, 0.15) is 6.07 Å². The predicted octanol–water partition coefficient (Wildman–Crippen LogP) is -1.23. The molecule has 0 fully saturated rings. The maximum Gasteiger partial charge on any atom is 0.285 e. The lowest BCUT2D eigenvalue weighted by Gasteiger charge is -2.04. The zero-order chi connectivity index (χ0) is 10.4. The van der Waals surface area contributed by atoms with Crippen LogP contribution in [0.5, 0.6) is 0 Å². The van der Waals surface area contributed by atoms with Gasteiger partial charge in [0.2, 0.25) is 5.76 Å². The average Bonchev–Trinajstić information content (AvgIpc) is 2.03. The highest BCUT2D eigenvalue weighted by Crippen LogP contribution is 2.04. The van der Waals surface area contributed by atoms with E-state index in [-0.39, 0.29) is 6.61 Å². The Morgan fingerprint density at radius 2 is 1.92 bits per heavy atom. The highest BCUT2D eigenvalue weighted by Gasteiger charge is 2.18. The van der Waals surface area contributed by atoms with Gasteiger partial charge in [-0.15, -0.1) is 0 Å². The minimum atomic E-state index is -1.04. The summed E-state index contributed by atoms with van der Waals surface area (Å²) in [4.78, 5) is 21.3. The van der Waals surface area contributed by atoms with E-state index in [2.05, 4.69) is 0 Å². The number of carbonyl (C=O) groups is 2. The maximum absolute atomic E-state index is 10.7. The maximum atomic E-state index is 10.7. The molecule has 0 aliphatic rings. The summed E-state index contributed by atoms with van der Waals surface area (Å²) in [5, 5.41) is 8.45. The van der Waals surface area contributed by atoms with Gasteiger partial charge in [-0.25, -0.2) is 0 Å². The molecule has 0 saturated heterocycles. The first-order valence-corrected chi connectivity index (χ1v) is 3.41. The Morgan fingerprint density at radius 3 is 2.15 bits per heavy atom. The third kappa shape index (κ3) is 2.83. The lowest BCUT2D eigenvalue weighted by Crippen LogP contribution is -2.23. The van der Waals surface area contributed by atoms with E-state index >= 15 is 0 Å². The third-order valence-corrected chi connectivity index (χ3v) is 1.10. The smallest absolute Gasteiger partial charge is 0.285 e. The first kappa shape index (κ1) is 11.0. The van der Waals surface area contributed by atoms with E-state index in [0.717, 1.165) is 0 Å². The number of hydrogen-bond acceptors (Lipinski definition) is 4. The van der Waals surface area contributed by atoms with Gasteiger partial charge in [0, 0.05) is 0 Å². The van der Waals surface area contributed by atoms with Crippen LogP contribution in [0.4, 0.5) is 0 Å². The van der Waals surface area contributed by atoms with E-state index in [0.29, 0.717) is 0 Å². The van der Waals surface area contributed by atoms with Crippen molar-refractivity contribution in [1.82, 2.24) is 0 Å². The fourth-order valence-electron chi connectivity index (χ4n) is 0.629. The molecule has 0 aliphatic heterocycles. The predicted molar refractivity (Wildman–Crippen MR) is 42.7 cm³/mol. The molecule has 0 unspecified atom stereocenters. The summed E-state index contributed by atoms with van der Waals surface area (Å²) >= 11 is 0. The number of nitrogens with two attached hydrogens (primary N) is 2. The van der Waals surface area contributed by atoms with E-state index in [1.807, 2.05) is 0 Å². The number of nitriles is 1. The molecule has 0 bridgehead atoms. The first-order valence-electron chi connectivity index (χ1n) is 3.41. The molecule has 0 aliphatic carbocycles. The number of nitrogens with zero attached hydrogens (tertiary/aromatic N) is 1. The second-order valence-electron chi connectivity index (χ2n) is 1.98. The van der Waals surface area contributed by atoms with Crippen LogP contribution in [0.3, 0.4) is 0 Å². The van der Waals surface area contributed by atoms with Crippen LogP contribution in [-0.4, -0.2) is 18.4 Å². The molecule has 0 heterocycles. The molecule has 4 N–H and O–H groups in total. The van der Waals surface area contributed by atoms with Crippen LogP contribution in [0.2, 0.25) is 0 Å². The lowest BCUT2D eigenvalue weighted by molar-refractivity contribution is -0.119. The van der Waals surface area contributed by atoms with Crippen molar-refractivity contribution < 1.29 is 14.3 Å². The fraction of sp³-hybridized carbons (Fsp3) is 0.286. The van der Waals surface area contributed by atoms with Crippen molar-refractivity contribution in [3.63, 3.8) is 0 Å². The second-order valence-corrected chi connectivity index (χ2v) is 1.98. The quantitative estimate of drug-likeness (QED) is 0.322. The van der Waals surface area contributed by atoms with Gasteiger partial charge in [0.25, 0.3) is 11.8 Å². The summed E-state index contributed by atoms with van der Waals surface area (Å²) in [6.07, 6.45) is 0. The topological polar surface area (TPSA) is 119 Å². The summed E-state index contributed by atoms with van der Waals surface area (Å²) in [6, 6.07) is 1.45. The molecule has 0 radical (unpaired) electrons. The Bertz CT molecular complexity index is 301. The van der Waals surface area contributed by atoms with E-state index in [9.17, 15) is 9.59 Å². The molecule has 0 aromatic rings. The number of rotatable bonds is 4. The van der Waals surface area contributed by atoms with Gasteiger partial charge in [0.15, 0.2) is 5.57 Å². The van der Waals surface area contributed by atoms with Gasteiger partial charge < -0.3 is 16.2 Å². The second kappa shape index (κ2) is 4.77. The Morgan fingerprint density at radius 1 is 1.38 bits per heavy atom. The SMILES string of the molecule is CCO/C(C(N)=O)=C(\C#N)C(N)=O. The summed E-state index contributed by atoms with van der Waals surface area (Å²) in [5.74, 6) is -2.51. The van der Waals surface area contributed by atoms with E-state index in [1.54, 1.807) is 6.92 Å². The number of ether oxygens (including phenoxy) is 1. The molecule has 0 spiro atoms. The van der Waals surface area contributed by atoms with Gasteiger partial charge in [-0.05, 0) is 6.92 Å². The molecule has 2 amide bonds. The third-order valence-electron chi connectivity index (χ3n) is 1.10. The fourth-order valence-corrected chi connectivity index (χ4v) is 0.629. The standard InChI is InChI=1S/C7H9N3O3/c1-2-13-5(7(10)12)4(3-8)6(9)11/h2H2,1H3,(H2,9,11)(H2,10,12)/b5-4+. The summed E-state index contributed by atoms with van der Waals surface area (Å²) in [6.45, 7) is 1.70. The highest BCUT2D eigenvalue weighted by molar-refractivity contribution is 6.04. The van der Waals surface area contributed by atoms with Crippen molar-refractivity contribution in [1.29, 1.82) is 5.26 Å². The van der Waals surface area contributed by atoms with Crippen molar-refractivity contribution in [3.8, 4) is 6.07 Å². The van der Waals surface area contributed by atoms with Crippen molar-refractivity contribution in [2.45, 2.75) is 6.92 Å². The molecule has 0 aromatic carbocycles. The Labute approximate surface area is 74.7 Å². The monoisotopic (exact) mass is 183 g/mol. The van der Waals surface area contributed by atoms with Gasteiger partial charge >= 0.3 is 0 Å². The summed E-state index contributed by atoms with van der Waals surface area (Å²) < 4.78 is 4.70. The van der Waals surface area contributed by atoms with Gasteiger partial charge in [-0.1, -0.05) is 0 Å². The minimum absolute atomic E-state index is 0.122. The lowest BCUT2D eigenvalue weighted by atomic mass is 10.2. The first-order chi connectivity index (χ1) is 6.04. The van der Waals surface area contributed by atoms with Crippen molar-refractivity contribution in [3.05, 3.63) is 11.3 Å². The molecule has 0 saturated carbocycles. The van der Waals surface area contributed by atoms with Crippen LogP contribution in [0.15, 0.2) is 11.3 Å². The number of amides is 2. The zero-order valence-electron chi connectivity index (χ0n) is 7.03. The van der Waals surface area contributed by atoms with Crippen molar-refractivity contribution in [2.75, 3.05) is 6.61 Å². The van der Waals surface area contributed by atoms with Crippen LogP contribution in [0, 0.1) is 11.3 Å². The summed E-state index contributed by atoms with van der Waals surface area (Å²) in [7, 11) is 0. The van der Waals surface area contributed by atoms with Crippen LogP contribution in [-0.2, 0) is 14.3 Å². The molecular formula is C7H9N3O3. The van der Waals surface area contributed by atoms with Gasteiger partial charge in [-0.2, -0.15) is 5.26 Å². The molecular weight excluding hydrogens is 174 g/mol. The zero-order valence-corrected chi connectivity index (χ0v) is 7.03. The molecule has 0 atom stereocenters. The van der Waals surface area contributed by atoms with Crippen molar-refractivity contribution >= 4 is 11.8 Å². The molecule has 6 heteroatoms. The Kier molecular flexibility index (Phi) is 4.02. The minimum Gasteiger partial charge on any atom is -0.487 e. The number of hydrogen-bond donors (Lipinski definition) is 2. The van der Waals surface area contributed by atoms with Crippen LogP contribution < -0.4 is 11.5 Å². The molecule has 70 valence electrons. The van der Waals surface area contributed by atoms with Crippen LogP contribution in [0.25, 0.3) is 0 Å². The summed E-state index contributed by atoms with van der Waals surface area (Å²) in [5.41, 5.74) is 9.10. The molecule has 6 nitrogen and oxygen atoms in total. The average molecular weight is 183 g/mol. The Balaban J connectivity index is 5.16. The van der Waals surface area contributed by atoms with Gasteiger partial charge in [0.05, 0.1) is 6.61 Å². The van der Waals surface area contributed by atoms with Crippen molar-refractivity contribution in [2.24, 2.45) is 11.5 Å². The number of carbonyl (C=O) groups excluding carboxylic acids is 2. The normalized spacial score (nSPS) is 11.1.